The number of hydrogen-bond donors (Lipinski definition) is 2. The molecular weight excluding hydrogens is 579 g/mol. The first-order chi connectivity index (χ1) is 21.5. The van der Waals surface area contributed by atoms with Gasteiger partial charge in [-0.1, -0.05) is 12.1 Å². The number of benzene rings is 3. The van der Waals surface area contributed by atoms with Crippen LogP contribution in [0.4, 0.5) is 18.9 Å². The smallest absolute Gasteiger partial charge is 0.416 e. The molecule has 3 aromatic carbocycles. The van der Waals surface area contributed by atoms with Gasteiger partial charge in [0, 0.05) is 49.5 Å². The van der Waals surface area contributed by atoms with E-state index in [9.17, 15) is 27.9 Å². The summed E-state index contributed by atoms with van der Waals surface area (Å²) >= 11 is 0. The Bertz CT molecular complexity index is 1560. The topological polar surface area (TPSA) is 72.9 Å². The normalized spacial score (nSPS) is 25.8. The second-order valence-corrected chi connectivity index (χ2v) is 13.8. The van der Waals surface area contributed by atoms with Crippen molar-refractivity contribution in [3.05, 3.63) is 83.4 Å². The van der Waals surface area contributed by atoms with Gasteiger partial charge in [0.25, 0.3) is 11.8 Å². The van der Waals surface area contributed by atoms with Gasteiger partial charge in [-0.3, -0.25) is 9.59 Å². The Morgan fingerprint density at radius 2 is 1.44 bits per heavy atom. The highest BCUT2D eigenvalue weighted by molar-refractivity contribution is 5.96. The zero-order valence-corrected chi connectivity index (χ0v) is 25.2. The van der Waals surface area contributed by atoms with E-state index < -0.39 is 17.6 Å². The van der Waals surface area contributed by atoms with Crippen molar-refractivity contribution in [3.8, 4) is 16.9 Å². The monoisotopic (exact) mass is 617 g/mol. The van der Waals surface area contributed by atoms with Crippen LogP contribution in [0.3, 0.4) is 0 Å². The molecule has 45 heavy (non-hydrogen) atoms. The van der Waals surface area contributed by atoms with Crippen molar-refractivity contribution in [1.29, 1.82) is 0 Å². The lowest BCUT2D eigenvalue weighted by atomic mass is 9.49. The van der Waals surface area contributed by atoms with E-state index in [4.69, 9.17) is 0 Å². The lowest BCUT2D eigenvalue weighted by Gasteiger charge is -2.56. The molecule has 5 aliphatic rings. The molecule has 5 fully saturated rings. The minimum Gasteiger partial charge on any atom is -0.508 e. The van der Waals surface area contributed by atoms with Gasteiger partial charge in [-0.25, -0.2) is 0 Å². The second kappa shape index (κ2) is 11.4. The van der Waals surface area contributed by atoms with Crippen LogP contribution in [-0.4, -0.2) is 54.5 Å². The number of aromatic hydroxyl groups is 1. The number of hydrogen-bond acceptors (Lipinski definition) is 4. The number of nitrogens with one attached hydrogen (secondary N) is 1. The van der Waals surface area contributed by atoms with Crippen LogP contribution in [0.2, 0.25) is 0 Å². The Kier molecular flexibility index (Phi) is 7.53. The Balaban J connectivity index is 0.972. The third-order valence-corrected chi connectivity index (χ3v) is 10.5. The number of phenols is 1. The Hall–Kier alpha value is -4.01. The SMILES string of the molecule is O=C(NCC12CC3CC(CC(C3)C1)C2)c1ccc(N2CCN(C(=O)c3cc(-c4cccc(O)c4)cc(C(F)(F)F)c3)CC2)cc1. The van der Waals surface area contributed by atoms with Crippen molar-refractivity contribution >= 4 is 17.5 Å². The molecule has 0 atom stereocenters. The molecule has 8 rings (SSSR count). The number of alkyl halides is 3. The molecule has 3 aromatic rings. The summed E-state index contributed by atoms with van der Waals surface area (Å²) in [7, 11) is 0. The maximum Gasteiger partial charge on any atom is 0.416 e. The molecule has 2 amide bonds. The number of carbonyl (C=O) groups is 2. The molecule has 1 saturated heterocycles. The Morgan fingerprint density at radius 3 is 2.04 bits per heavy atom. The third kappa shape index (κ3) is 6.14. The van der Waals surface area contributed by atoms with Crippen molar-refractivity contribution in [2.45, 2.75) is 44.7 Å². The van der Waals surface area contributed by atoms with E-state index in [-0.39, 0.29) is 28.2 Å². The van der Waals surface area contributed by atoms with Crippen LogP contribution in [0.1, 0.15) is 64.8 Å². The fourth-order valence-electron chi connectivity index (χ4n) is 8.82. The lowest BCUT2D eigenvalue weighted by molar-refractivity contribution is -0.137. The highest BCUT2D eigenvalue weighted by Crippen LogP contribution is 2.59. The highest BCUT2D eigenvalue weighted by Gasteiger charge is 2.50. The molecule has 4 aliphatic carbocycles. The molecule has 9 heteroatoms. The summed E-state index contributed by atoms with van der Waals surface area (Å²) < 4.78 is 41.3. The number of piperazine rings is 1. The van der Waals surface area contributed by atoms with Crippen LogP contribution in [-0.2, 0) is 6.18 Å². The van der Waals surface area contributed by atoms with Gasteiger partial charge < -0.3 is 20.2 Å². The molecule has 236 valence electrons. The molecule has 0 unspecified atom stereocenters. The van der Waals surface area contributed by atoms with Gasteiger partial charge in [-0.05, 0) is 127 Å². The summed E-state index contributed by atoms with van der Waals surface area (Å²) in [5, 5.41) is 13.1. The molecule has 4 bridgehead atoms. The van der Waals surface area contributed by atoms with Crippen LogP contribution in [0.5, 0.6) is 5.75 Å². The minimum absolute atomic E-state index is 0.0412. The van der Waals surface area contributed by atoms with Crippen LogP contribution in [0.15, 0.2) is 66.7 Å². The number of halogens is 3. The first-order valence-electron chi connectivity index (χ1n) is 16.0. The van der Waals surface area contributed by atoms with Crippen molar-refractivity contribution < 1.29 is 27.9 Å². The summed E-state index contributed by atoms with van der Waals surface area (Å²) in [6, 6.07) is 16.8. The molecule has 0 radical (unpaired) electrons. The second-order valence-electron chi connectivity index (χ2n) is 13.8. The number of carbonyl (C=O) groups excluding carboxylic acids is 2. The molecule has 2 N–H and O–H groups in total. The van der Waals surface area contributed by atoms with Crippen molar-refractivity contribution in [1.82, 2.24) is 10.2 Å². The van der Waals surface area contributed by atoms with E-state index >= 15 is 0 Å². The number of amides is 2. The fourth-order valence-corrected chi connectivity index (χ4v) is 8.82. The zero-order valence-electron chi connectivity index (χ0n) is 25.2. The summed E-state index contributed by atoms with van der Waals surface area (Å²) in [5.41, 5.74) is 1.50. The molecule has 0 spiro atoms. The predicted molar refractivity (Wildman–Crippen MR) is 166 cm³/mol. The van der Waals surface area contributed by atoms with E-state index in [1.54, 1.807) is 17.0 Å². The molecule has 0 aromatic heterocycles. The fraction of sp³-hybridized carbons (Fsp3) is 0.444. The Morgan fingerprint density at radius 1 is 0.800 bits per heavy atom. The maximum atomic E-state index is 13.8. The summed E-state index contributed by atoms with van der Waals surface area (Å²) in [4.78, 5) is 30.1. The number of nitrogens with zero attached hydrogens (tertiary/aromatic N) is 2. The van der Waals surface area contributed by atoms with Crippen molar-refractivity contribution in [2.75, 3.05) is 37.6 Å². The maximum absolute atomic E-state index is 13.8. The lowest BCUT2D eigenvalue weighted by Crippen LogP contribution is -2.51. The quantitative estimate of drug-likeness (QED) is 0.313. The molecular formula is C36H38F3N3O3. The first kappa shape index (κ1) is 29.7. The largest absolute Gasteiger partial charge is 0.508 e. The third-order valence-electron chi connectivity index (χ3n) is 10.5. The van der Waals surface area contributed by atoms with Gasteiger partial charge in [-0.15, -0.1) is 0 Å². The molecule has 6 nitrogen and oxygen atoms in total. The highest BCUT2D eigenvalue weighted by atomic mass is 19.4. The van der Waals surface area contributed by atoms with Crippen molar-refractivity contribution in [3.63, 3.8) is 0 Å². The minimum atomic E-state index is -4.63. The van der Waals surface area contributed by atoms with Crippen molar-refractivity contribution in [2.24, 2.45) is 23.2 Å². The van der Waals surface area contributed by atoms with E-state index in [0.29, 0.717) is 37.3 Å². The van der Waals surface area contributed by atoms with Gasteiger partial charge in [0.05, 0.1) is 5.56 Å². The van der Waals surface area contributed by atoms with Crippen LogP contribution < -0.4 is 10.2 Å². The summed E-state index contributed by atoms with van der Waals surface area (Å²) in [6.45, 7) is 2.49. The number of anilines is 1. The van der Waals surface area contributed by atoms with E-state index in [0.717, 1.165) is 42.1 Å². The average Bonchev–Trinajstić information content (AvgIpc) is 3.02. The average molecular weight is 618 g/mol. The number of rotatable bonds is 6. The standard InChI is InChI=1S/C36H38F3N3O3/c37-36(38,39)30-16-28(27-2-1-3-32(43)18-27)15-29(17-30)34(45)42-10-8-41(9-11-42)31-6-4-26(5-7-31)33(44)40-22-35-19-23-12-24(20-35)14-25(13-23)21-35/h1-7,15-18,23-25,43H,8-14,19-22H2,(H,40,44). The molecule has 1 heterocycles. The van der Waals surface area contributed by atoms with Crippen LogP contribution in [0, 0.1) is 23.2 Å². The van der Waals surface area contributed by atoms with Crippen LogP contribution >= 0.6 is 0 Å². The van der Waals surface area contributed by atoms with Gasteiger partial charge in [0.1, 0.15) is 5.75 Å². The van der Waals surface area contributed by atoms with Gasteiger partial charge >= 0.3 is 6.18 Å². The summed E-state index contributed by atoms with van der Waals surface area (Å²) in [6.07, 6.45) is 3.26. The summed E-state index contributed by atoms with van der Waals surface area (Å²) in [5.74, 6) is 1.95. The van der Waals surface area contributed by atoms with Crippen LogP contribution in [0.25, 0.3) is 11.1 Å². The predicted octanol–water partition coefficient (Wildman–Crippen LogP) is 6.99. The molecule has 4 saturated carbocycles. The van der Waals surface area contributed by atoms with E-state index in [2.05, 4.69) is 10.2 Å². The van der Waals surface area contributed by atoms with Gasteiger partial charge in [0.15, 0.2) is 0 Å². The van der Waals surface area contributed by atoms with Gasteiger partial charge in [0.2, 0.25) is 0 Å². The molecule has 1 aliphatic heterocycles. The zero-order chi connectivity index (χ0) is 31.3. The van der Waals surface area contributed by atoms with E-state index in [1.165, 1.54) is 56.7 Å². The van der Waals surface area contributed by atoms with Gasteiger partial charge in [-0.2, -0.15) is 13.2 Å². The van der Waals surface area contributed by atoms with E-state index in [1.807, 2.05) is 24.3 Å². The Labute approximate surface area is 261 Å². The number of phenolic OH excluding ortho intramolecular Hbond substituents is 1. The first-order valence-corrected chi connectivity index (χ1v) is 16.0.